The molecule has 0 aliphatic heterocycles. The molecule has 0 spiro atoms. The summed E-state index contributed by atoms with van der Waals surface area (Å²) in [6.45, 7) is 4.06. The normalized spacial score (nSPS) is 14.2. The predicted octanol–water partition coefficient (Wildman–Crippen LogP) is 3.40. The molecule has 0 radical (unpaired) electrons. The molecule has 0 atom stereocenters. The smallest absolute Gasteiger partial charge is 0.0678 e. The standard InChI is InChI=1S/C11H17ClO/c1-3-5-6-10(9-13)7-8-11(12)4-2/h4,6-8,13H,3,5,9H2,1-2H3/b8-7-,10-6-,11-4+. The molecule has 0 heterocycles. The lowest BCUT2D eigenvalue weighted by Crippen LogP contribution is -1.85. The van der Waals surface area contributed by atoms with Crippen molar-refractivity contribution in [3.05, 3.63) is 34.9 Å². The lowest BCUT2D eigenvalue weighted by atomic mass is 10.2. The second-order valence-electron chi connectivity index (χ2n) is 2.73. The molecule has 2 heteroatoms. The van der Waals surface area contributed by atoms with Crippen LogP contribution in [0.4, 0.5) is 0 Å². The number of unbranched alkanes of at least 4 members (excludes halogenated alkanes) is 1. The van der Waals surface area contributed by atoms with E-state index in [2.05, 4.69) is 6.92 Å². The molecule has 0 aromatic heterocycles. The fourth-order valence-electron chi connectivity index (χ4n) is 0.798. The van der Waals surface area contributed by atoms with Gasteiger partial charge in [0.15, 0.2) is 0 Å². The minimum Gasteiger partial charge on any atom is -0.392 e. The number of hydrogen-bond donors (Lipinski definition) is 1. The van der Waals surface area contributed by atoms with Crippen LogP contribution in [0, 0.1) is 0 Å². The topological polar surface area (TPSA) is 20.2 Å². The molecule has 13 heavy (non-hydrogen) atoms. The van der Waals surface area contributed by atoms with E-state index in [4.69, 9.17) is 16.7 Å². The summed E-state index contributed by atoms with van der Waals surface area (Å²) in [6, 6.07) is 0. The van der Waals surface area contributed by atoms with Crippen LogP contribution in [0.3, 0.4) is 0 Å². The summed E-state index contributed by atoms with van der Waals surface area (Å²) in [7, 11) is 0. The summed E-state index contributed by atoms with van der Waals surface area (Å²) in [4.78, 5) is 0. The Labute approximate surface area is 85.4 Å². The number of aliphatic hydroxyl groups is 1. The van der Waals surface area contributed by atoms with Gasteiger partial charge >= 0.3 is 0 Å². The van der Waals surface area contributed by atoms with Crippen LogP contribution in [0.25, 0.3) is 0 Å². The number of hydrogen-bond acceptors (Lipinski definition) is 1. The van der Waals surface area contributed by atoms with Crippen LogP contribution in [0.2, 0.25) is 0 Å². The molecule has 0 aliphatic carbocycles. The highest BCUT2D eigenvalue weighted by molar-refractivity contribution is 6.31. The molecule has 0 saturated carbocycles. The minimum atomic E-state index is 0.0738. The van der Waals surface area contributed by atoms with Gasteiger partial charge in [-0.25, -0.2) is 0 Å². The fraction of sp³-hybridized carbons (Fsp3) is 0.455. The highest BCUT2D eigenvalue weighted by atomic mass is 35.5. The van der Waals surface area contributed by atoms with Crippen molar-refractivity contribution in [2.75, 3.05) is 6.61 Å². The van der Waals surface area contributed by atoms with Crippen LogP contribution in [0.15, 0.2) is 34.9 Å². The first kappa shape index (κ1) is 12.5. The number of rotatable bonds is 5. The van der Waals surface area contributed by atoms with Crippen LogP contribution >= 0.6 is 11.6 Å². The first-order chi connectivity index (χ1) is 6.24. The van der Waals surface area contributed by atoms with Gasteiger partial charge in [-0.15, -0.1) is 0 Å². The summed E-state index contributed by atoms with van der Waals surface area (Å²) >= 11 is 5.77. The van der Waals surface area contributed by atoms with E-state index in [1.54, 1.807) is 6.08 Å². The van der Waals surface area contributed by atoms with E-state index in [9.17, 15) is 0 Å². The van der Waals surface area contributed by atoms with Crippen LogP contribution in [0.5, 0.6) is 0 Å². The summed E-state index contributed by atoms with van der Waals surface area (Å²) in [5.74, 6) is 0. The Morgan fingerprint density at radius 3 is 2.54 bits per heavy atom. The second kappa shape index (κ2) is 8.09. The zero-order chi connectivity index (χ0) is 10.1. The van der Waals surface area contributed by atoms with Crippen molar-refractivity contribution < 1.29 is 5.11 Å². The number of halogens is 1. The summed E-state index contributed by atoms with van der Waals surface area (Å²) in [6.07, 6.45) is 9.56. The van der Waals surface area contributed by atoms with Crippen LogP contribution in [0.1, 0.15) is 26.7 Å². The molecular formula is C11H17ClO. The van der Waals surface area contributed by atoms with Gasteiger partial charge in [0.2, 0.25) is 0 Å². The van der Waals surface area contributed by atoms with E-state index < -0.39 is 0 Å². The molecule has 0 amide bonds. The molecule has 0 aromatic carbocycles. The Balaban J connectivity index is 4.19. The molecule has 0 fully saturated rings. The Morgan fingerprint density at radius 2 is 2.08 bits per heavy atom. The second-order valence-corrected chi connectivity index (χ2v) is 3.17. The van der Waals surface area contributed by atoms with Gasteiger partial charge in [-0.2, -0.15) is 0 Å². The highest BCUT2D eigenvalue weighted by Crippen LogP contribution is 2.06. The van der Waals surface area contributed by atoms with Crippen molar-refractivity contribution in [3.8, 4) is 0 Å². The lowest BCUT2D eigenvalue weighted by Gasteiger charge is -1.95. The fourth-order valence-corrected chi connectivity index (χ4v) is 0.861. The van der Waals surface area contributed by atoms with Gasteiger partial charge in [-0.3, -0.25) is 0 Å². The van der Waals surface area contributed by atoms with E-state index in [1.807, 2.05) is 25.2 Å². The quantitative estimate of drug-likeness (QED) is 0.675. The number of aliphatic hydroxyl groups excluding tert-OH is 1. The third kappa shape index (κ3) is 6.62. The number of allylic oxidation sites excluding steroid dienone is 4. The zero-order valence-corrected chi connectivity index (χ0v) is 9.01. The average molecular weight is 201 g/mol. The molecule has 1 N–H and O–H groups in total. The maximum Gasteiger partial charge on any atom is 0.0678 e. The average Bonchev–Trinajstić information content (AvgIpc) is 2.17. The zero-order valence-electron chi connectivity index (χ0n) is 8.26. The molecular weight excluding hydrogens is 184 g/mol. The van der Waals surface area contributed by atoms with Crippen LogP contribution in [-0.4, -0.2) is 11.7 Å². The van der Waals surface area contributed by atoms with Gasteiger partial charge in [-0.05, 0) is 25.0 Å². The largest absolute Gasteiger partial charge is 0.392 e. The molecule has 0 saturated heterocycles. The molecule has 0 unspecified atom stereocenters. The predicted molar refractivity (Wildman–Crippen MR) is 58.8 cm³/mol. The monoisotopic (exact) mass is 200 g/mol. The van der Waals surface area contributed by atoms with Gasteiger partial charge in [0, 0.05) is 5.03 Å². The van der Waals surface area contributed by atoms with Crippen LogP contribution < -0.4 is 0 Å². The van der Waals surface area contributed by atoms with E-state index in [0.29, 0.717) is 5.03 Å². The van der Waals surface area contributed by atoms with Crippen molar-refractivity contribution in [1.29, 1.82) is 0 Å². The summed E-state index contributed by atoms with van der Waals surface area (Å²) in [5.41, 5.74) is 0.918. The van der Waals surface area contributed by atoms with Crippen molar-refractivity contribution >= 4 is 11.6 Å². The van der Waals surface area contributed by atoms with E-state index in [0.717, 1.165) is 18.4 Å². The third-order valence-corrected chi connectivity index (χ3v) is 1.95. The Kier molecular flexibility index (Phi) is 7.76. The Bertz CT molecular complexity index is 214. The minimum absolute atomic E-state index is 0.0738. The maximum atomic E-state index is 8.96. The van der Waals surface area contributed by atoms with E-state index in [-0.39, 0.29) is 6.61 Å². The first-order valence-corrected chi connectivity index (χ1v) is 4.92. The van der Waals surface area contributed by atoms with Crippen LogP contribution in [-0.2, 0) is 0 Å². The SMILES string of the molecule is C\C=C(Cl)/C=C\C(=C\CCC)CO. The summed E-state index contributed by atoms with van der Waals surface area (Å²) < 4.78 is 0. The Morgan fingerprint density at radius 1 is 1.38 bits per heavy atom. The summed E-state index contributed by atoms with van der Waals surface area (Å²) in [5, 5.41) is 9.65. The van der Waals surface area contributed by atoms with Gasteiger partial charge in [0.25, 0.3) is 0 Å². The van der Waals surface area contributed by atoms with E-state index >= 15 is 0 Å². The highest BCUT2D eigenvalue weighted by Gasteiger charge is 1.88. The van der Waals surface area contributed by atoms with Gasteiger partial charge in [-0.1, -0.05) is 43.2 Å². The molecule has 74 valence electrons. The molecule has 0 bridgehead atoms. The third-order valence-electron chi connectivity index (χ3n) is 1.61. The first-order valence-electron chi connectivity index (χ1n) is 4.54. The van der Waals surface area contributed by atoms with Gasteiger partial charge in [0.1, 0.15) is 0 Å². The van der Waals surface area contributed by atoms with E-state index in [1.165, 1.54) is 0 Å². The lowest BCUT2D eigenvalue weighted by molar-refractivity contribution is 0.334. The van der Waals surface area contributed by atoms with Crippen molar-refractivity contribution in [2.24, 2.45) is 0 Å². The molecule has 0 rings (SSSR count). The van der Waals surface area contributed by atoms with Crippen molar-refractivity contribution in [1.82, 2.24) is 0 Å². The molecule has 0 aliphatic rings. The van der Waals surface area contributed by atoms with Gasteiger partial charge in [0.05, 0.1) is 6.61 Å². The molecule has 0 aromatic rings. The maximum absolute atomic E-state index is 8.96. The Hall–Kier alpha value is -0.530. The van der Waals surface area contributed by atoms with Crippen molar-refractivity contribution in [2.45, 2.75) is 26.7 Å². The molecule has 1 nitrogen and oxygen atoms in total. The van der Waals surface area contributed by atoms with Gasteiger partial charge < -0.3 is 5.11 Å². The van der Waals surface area contributed by atoms with Crippen molar-refractivity contribution in [3.63, 3.8) is 0 Å².